The quantitative estimate of drug-likeness (QED) is 0.625. The molecule has 2 aromatic rings. The van der Waals surface area contributed by atoms with Crippen molar-refractivity contribution >= 4 is 40.7 Å². The maximum atomic E-state index is 12.6. The number of benzene rings is 2. The van der Waals surface area contributed by atoms with Gasteiger partial charge < -0.3 is 16.0 Å². The summed E-state index contributed by atoms with van der Waals surface area (Å²) in [5.41, 5.74) is 1.38. The summed E-state index contributed by atoms with van der Waals surface area (Å²) in [5, 5.41) is 8.49. The maximum absolute atomic E-state index is 12.6. The molecule has 0 aromatic heterocycles. The minimum Gasteiger partial charge on any atom is -0.352 e. The van der Waals surface area contributed by atoms with Crippen LogP contribution in [0, 0.1) is 0 Å². The smallest absolute Gasteiger partial charge is 0.257 e. The molecule has 3 N–H and O–H groups in total. The van der Waals surface area contributed by atoms with Crippen molar-refractivity contribution < 1.29 is 14.4 Å². The zero-order valence-electron chi connectivity index (χ0n) is 15.3. The minimum atomic E-state index is -0.421. The molecule has 3 amide bonds. The Balaban J connectivity index is 2.30. The van der Waals surface area contributed by atoms with Crippen molar-refractivity contribution in [3.63, 3.8) is 0 Å². The van der Waals surface area contributed by atoms with Crippen molar-refractivity contribution in [1.82, 2.24) is 5.32 Å². The largest absolute Gasteiger partial charge is 0.352 e. The van der Waals surface area contributed by atoms with Crippen molar-refractivity contribution in [2.75, 3.05) is 17.2 Å². The number of rotatable bonds is 7. The third-order valence-electron chi connectivity index (χ3n) is 3.77. The molecule has 6 nitrogen and oxygen atoms in total. The lowest BCUT2D eigenvalue weighted by Gasteiger charge is -2.14. The fourth-order valence-corrected chi connectivity index (χ4v) is 2.65. The molecule has 27 heavy (non-hydrogen) atoms. The van der Waals surface area contributed by atoms with Crippen LogP contribution in [0.5, 0.6) is 0 Å². The highest BCUT2D eigenvalue weighted by Crippen LogP contribution is 2.23. The third-order valence-corrected chi connectivity index (χ3v) is 4.10. The molecule has 0 saturated carbocycles. The van der Waals surface area contributed by atoms with Gasteiger partial charge in [-0.05, 0) is 36.8 Å². The summed E-state index contributed by atoms with van der Waals surface area (Å²) in [7, 11) is 0. The van der Waals surface area contributed by atoms with E-state index >= 15 is 0 Å². The highest BCUT2D eigenvalue weighted by atomic mass is 35.5. The average molecular weight is 388 g/mol. The van der Waals surface area contributed by atoms with Gasteiger partial charge in [-0.1, -0.05) is 37.1 Å². The van der Waals surface area contributed by atoms with Gasteiger partial charge in [-0.3, -0.25) is 14.4 Å². The lowest BCUT2D eigenvalue weighted by molar-refractivity contribution is -0.114. The lowest BCUT2D eigenvalue weighted by atomic mass is 10.1. The topological polar surface area (TPSA) is 87.3 Å². The van der Waals surface area contributed by atoms with E-state index in [1.54, 1.807) is 36.4 Å². The second kappa shape index (κ2) is 9.73. The summed E-state index contributed by atoms with van der Waals surface area (Å²) >= 11 is 6.07. The first-order valence-corrected chi connectivity index (χ1v) is 9.06. The van der Waals surface area contributed by atoms with E-state index in [1.807, 2.05) is 6.92 Å². The zero-order chi connectivity index (χ0) is 19.8. The van der Waals surface area contributed by atoms with Crippen molar-refractivity contribution in [2.24, 2.45) is 0 Å². The van der Waals surface area contributed by atoms with Gasteiger partial charge in [0.1, 0.15) is 0 Å². The average Bonchev–Trinajstić information content (AvgIpc) is 2.63. The van der Waals surface area contributed by atoms with Crippen molar-refractivity contribution in [2.45, 2.75) is 26.7 Å². The van der Waals surface area contributed by atoms with Crippen LogP contribution in [-0.4, -0.2) is 24.3 Å². The summed E-state index contributed by atoms with van der Waals surface area (Å²) in [6.07, 6.45) is 1.79. The van der Waals surface area contributed by atoms with E-state index in [4.69, 9.17) is 11.6 Å². The van der Waals surface area contributed by atoms with E-state index in [0.717, 1.165) is 12.8 Å². The van der Waals surface area contributed by atoms with Gasteiger partial charge in [-0.15, -0.1) is 0 Å². The standard InChI is InChI=1S/C20H22ClN3O3/c1-3-4-11-22-19(26)16-12-14(23-13(2)25)9-10-18(16)24-20(27)15-7-5-6-8-17(15)21/h5-10,12H,3-4,11H2,1-2H3,(H,22,26)(H,23,25)(H,24,27). The third kappa shape index (κ3) is 5.82. The molecule has 0 bridgehead atoms. The van der Waals surface area contributed by atoms with Crippen LogP contribution < -0.4 is 16.0 Å². The Morgan fingerprint density at radius 1 is 0.963 bits per heavy atom. The van der Waals surface area contributed by atoms with Crippen LogP contribution in [0.1, 0.15) is 47.4 Å². The Kier molecular flexibility index (Phi) is 7.37. The van der Waals surface area contributed by atoms with E-state index in [1.165, 1.54) is 13.0 Å². The molecular formula is C20H22ClN3O3. The van der Waals surface area contributed by atoms with Crippen LogP contribution in [0.15, 0.2) is 42.5 Å². The van der Waals surface area contributed by atoms with Gasteiger partial charge >= 0.3 is 0 Å². The highest BCUT2D eigenvalue weighted by Gasteiger charge is 2.17. The number of hydrogen-bond acceptors (Lipinski definition) is 3. The first kappa shape index (κ1) is 20.5. The number of carbonyl (C=O) groups excluding carboxylic acids is 3. The molecule has 7 heteroatoms. The molecule has 0 aliphatic carbocycles. The molecule has 0 spiro atoms. The molecule has 2 aromatic carbocycles. The van der Waals surface area contributed by atoms with E-state index in [9.17, 15) is 14.4 Å². The molecular weight excluding hydrogens is 366 g/mol. The normalized spacial score (nSPS) is 10.2. The number of carbonyl (C=O) groups is 3. The summed E-state index contributed by atoms with van der Waals surface area (Å²) < 4.78 is 0. The Labute approximate surface area is 163 Å². The summed E-state index contributed by atoms with van der Waals surface area (Å²) in [4.78, 5) is 36.4. The molecule has 0 heterocycles. The summed E-state index contributed by atoms with van der Waals surface area (Å²) in [5.74, 6) is -0.999. The van der Waals surface area contributed by atoms with Gasteiger partial charge in [0.25, 0.3) is 11.8 Å². The zero-order valence-corrected chi connectivity index (χ0v) is 16.0. The molecule has 2 rings (SSSR count). The van der Waals surface area contributed by atoms with Gasteiger partial charge in [-0.25, -0.2) is 0 Å². The number of nitrogens with one attached hydrogen (secondary N) is 3. The molecule has 0 unspecified atom stereocenters. The van der Waals surface area contributed by atoms with Gasteiger partial charge in [-0.2, -0.15) is 0 Å². The van der Waals surface area contributed by atoms with Crippen LogP contribution >= 0.6 is 11.6 Å². The van der Waals surface area contributed by atoms with Gasteiger partial charge in [0.15, 0.2) is 0 Å². The molecule has 0 radical (unpaired) electrons. The monoisotopic (exact) mass is 387 g/mol. The molecule has 0 aliphatic rings. The number of halogens is 1. The fraction of sp³-hybridized carbons (Fsp3) is 0.250. The number of amides is 3. The molecule has 0 fully saturated rings. The molecule has 142 valence electrons. The van der Waals surface area contributed by atoms with Gasteiger partial charge in [0.05, 0.1) is 21.8 Å². The molecule has 0 aliphatic heterocycles. The number of unbranched alkanes of at least 4 members (excludes halogenated alkanes) is 1. The molecule has 0 atom stereocenters. The number of hydrogen-bond donors (Lipinski definition) is 3. The van der Waals surface area contributed by atoms with Crippen molar-refractivity contribution in [3.05, 3.63) is 58.6 Å². The fourth-order valence-electron chi connectivity index (χ4n) is 2.43. The molecule has 0 saturated heterocycles. The summed E-state index contributed by atoms with van der Waals surface area (Å²) in [6, 6.07) is 11.4. The highest BCUT2D eigenvalue weighted by molar-refractivity contribution is 6.34. The lowest BCUT2D eigenvalue weighted by Crippen LogP contribution is -2.26. The van der Waals surface area contributed by atoms with Crippen LogP contribution in [-0.2, 0) is 4.79 Å². The predicted octanol–water partition coefficient (Wildman–Crippen LogP) is 4.08. The van der Waals surface area contributed by atoms with E-state index in [-0.39, 0.29) is 17.4 Å². The van der Waals surface area contributed by atoms with Crippen LogP contribution in [0.4, 0.5) is 11.4 Å². The maximum Gasteiger partial charge on any atom is 0.257 e. The van der Waals surface area contributed by atoms with E-state index in [2.05, 4.69) is 16.0 Å². The predicted molar refractivity (Wildman–Crippen MR) is 107 cm³/mol. The Morgan fingerprint density at radius 3 is 2.37 bits per heavy atom. The summed E-state index contributed by atoms with van der Waals surface area (Å²) in [6.45, 7) is 3.94. The Morgan fingerprint density at radius 2 is 1.70 bits per heavy atom. The Hall–Kier alpha value is -2.86. The van der Waals surface area contributed by atoms with Crippen LogP contribution in [0.3, 0.4) is 0 Å². The second-order valence-electron chi connectivity index (χ2n) is 5.98. The first-order valence-electron chi connectivity index (χ1n) is 8.68. The minimum absolute atomic E-state index is 0.250. The van der Waals surface area contributed by atoms with E-state index < -0.39 is 5.91 Å². The van der Waals surface area contributed by atoms with Crippen molar-refractivity contribution in [1.29, 1.82) is 0 Å². The first-order chi connectivity index (χ1) is 12.9. The van der Waals surface area contributed by atoms with Crippen molar-refractivity contribution in [3.8, 4) is 0 Å². The van der Waals surface area contributed by atoms with Crippen LogP contribution in [0.2, 0.25) is 5.02 Å². The Bertz CT molecular complexity index is 852. The second-order valence-corrected chi connectivity index (χ2v) is 6.39. The van der Waals surface area contributed by atoms with Crippen LogP contribution in [0.25, 0.3) is 0 Å². The SMILES string of the molecule is CCCCNC(=O)c1cc(NC(C)=O)ccc1NC(=O)c1ccccc1Cl. The van der Waals surface area contributed by atoms with E-state index in [0.29, 0.717) is 28.5 Å². The van der Waals surface area contributed by atoms with Gasteiger partial charge in [0.2, 0.25) is 5.91 Å². The number of anilines is 2. The van der Waals surface area contributed by atoms with Gasteiger partial charge in [0, 0.05) is 19.2 Å².